The molecule has 0 spiro atoms. The Morgan fingerprint density at radius 3 is 2.53 bits per heavy atom. The lowest BCUT2D eigenvalue weighted by Gasteiger charge is -2.13. The van der Waals surface area contributed by atoms with Gasteiger partial charge in [-0.1, -0.05) is 0 Å². The number of aromatic nitrogens is 3. The summed E-state index contributed by atoms with van der Waals surface area (Å²) in [5.74, 6) is 0.0845. The quantitative estimate of drug-likeness (QED) is 0.498. The number of fused-ring (bicyclic) bond motifs is 1. The summed E-state index contributed by atoms with van der Waals surface area (Å²) in [6.07, 6.45) is 3.14. The minimum Gasteiger partial charge on any atom is -0.480 e. The Bertz CT molecular complexity index is 1540. The van der Waals surface area contributed by atoms with Crippen LogP contribution < -0.4 is 15.0 Å². The summed E-state index contributed by atoms with van der Waals surface area (Å²) in [5, 5.41) is 8.91. The number of sulfonamides is 1. The van der Waals surface area contributed by atoms with Crippen LogP contribution in [0.4, 0.5) is 5.69 Å². The Balaban J connectivity index is 1.75. The average Bonchev–Trinajstić information content (AvgIpc) is 2.78. The van der Waals surface area contributed by atoms with Crippen LogP contribution in [-0.2, 0) is 10.0 Å². The van der Waals surface area contributed by atoms with Gasteiger partial charge in [0.15, 0.2) is 0 Å². The molecule has 32 heavy (non-hydrogen) atoms. The van der Waals surface area contributed by atoms with Crippen molar-refractivity contribution in [2.75, 3.05) is 11.8 Å². The van der Waals surface area contributed by atoms with Gasteiger partial charge in [-0.05, 0) is 49.4 Å². The van der Waals surface area contributed by atoms with Crippen molar-refractivity contribution >= 4 is 21.4 Å². The maximum Gasteiger partial charge on any atom is 0.262 e. The molecule has 0 aliphatic heterocycles. The summed E-state index contributed by atoms with van der Waals surface area (Å²) in [6, 6.07) is 13.9. The molecule has 0 aliphatic carbocycles. The highest BCUT2D eigenvalue weighted by Crippen LogP contribution is 2.30. The number of rotatable bonds is 5. The Morgan fingerprint density at radius 2 is 1.84 bits per heavy atom. The number of pyridine rings is 2. The SMILES string of the molecule is COc1ncc(-c2ccc3nc(C)cc(=O)n3c2)cc1NS(=O)(=O)c1ccc(C#N)cc1. The van der Waals surface area contributed by atoms with Crippen LogP contribution in [0, 0.1) is 18.3 Å². The van der Waals surface area contributed by atoms with E-state index in [2.05, 4.69) is 14.7 Å². The molecule has 0 amide bonds. The summed E-state index contributed by atoms with van der Waals surface area (Å²) < 4.78 is 34.8. The monoisotopic (exact) mass is 447 g/mol. The second-order valence-corrected chi connectivity index (χ2v) is 8.59. The average molecular weight is 447 g/mol. The van der Waals surface area contributed by atoms with Crippen LogP contribution in [-0.4, -0.2) is 29.9 Å². The van der Waals surface area contributed by atoms with Crippen molar-refractivity contribution in [1.29, 1.82) is 5.26 Å². The Labute approximate surface area is 183 Å². The van der Waals surface area contributed by atoms with Crippen molar-refractivity contribution in [2.24, 2.45) is 0 Å². The summed E-state index contributed by atoms with van der Waals surface area (Å²) in [4.78, 5) is 20.8. The molecule has 4 rings (SSSR count). The molecule has 0 atom stereocenters. The van der Waals surface area contributed by atoms with Gasteiger partial charge in [0.05, 0.1) is 23.6 Å². The normalized spacial score (nSPS) is 11.2. The highest BCUT2D eigenvalue weighted by molar-refractivity contribution is 7.92. The molecule has 3 heterocycles. The van der Waals surface area contributed by atoms with Crippen LogP contribution in [0.2, 0.25) is 0 Å². The number of nitrogens with zero attached hydrogens (tertiary/aromatic N) is 4. The van der Waals surface area contributed by atoms with E-state index in [4.69, 9.17) is 10.00 Å². The molecule has 160 valence electrons. The number of ether oxygens (including phenoxy) is 1. The second-order valence-electron chi connectivity index (χ2n) is 6.90. The second kappa shape index (κ2) is 8.13. The minimum absolute atomic E-state index is 0.0114. The van der Waals surface area contributed by atoms with Crippen molar-refractivity contribution in [3.8, 4) is 23.1 Å². The highest BCUT2D eigenvalue weighted by atomic mass is 32.2. The first-order chi connectivity index (χ1) is 15.3. The predicted molar refractivity (Wildman–Crippen MR) is 118 cm³/mol. The van der Waals surface area contributed by atoms with Gasteiger partial charge in [0.25, 0.3) is 15.6 Å². The van der Waals surface area contributed by atoms with Crippen LogP contribution in [0.25, 0.3) is 16.8 Å². The fraction of sp³-hybridized carbons (Fsp3) is 0.0909. The molecule has 0 saturated carbocycles. The predicted octanol–water partition coefficient (Wildman–Crippen LogP) is 2.75. The fourth-order valence-electron chi connectivity index (χ4n) is 3.15. The van der Waals surface area contributed by atoms with Gasteiger partial charge in [-0.3, -0.25) is 13.9 Å². The van der Waals surface area contributed by atoms with E-state index < -0.39 is 10.0 Å². The number of anilines is 1. The largest absolute Gasteiger partial charge is 0.480 e. The van der Waals surface area contributed by atoms with Crippen molar-refractivity contribution in [3.05, 3.63) is 82.5 Å². The first-order valence-corrected chi connectivity index (χ1v) is 10.9. The number of nitrogens with one attached hydrogen (secondary N) is 1. The van der Waals surface area contributed by atoms with Crippen LogP contribution in [0.1, 0.15) is 11.3 Å². The lowest BCUT2D eigenvalue weighted by atomic mass is 10.1. The molecule has 1 aromatic carbocycles. The molecule has 0 bridgehead atoms. The van der Waals surface area contributed by atoms with Gasteiger partial charge in [0, 0.05) is 35.3 Å². The lowest BCUT2D eigenvalue weighted by Crippen LogP contribution is -2.15. The molecule has 0 aliphatic rings. The van der Waals surface area contributed by atoms with Crippen molar-refractivity contribution in [1.82, 2.24) is 14.4 Å². The summed E-state index contributed by atoms with van der Waals surface area (Å²) in [7, 11) is -2.58. The summed E-state index contributed by atoms with van der Waals surface area (Å²) >= 11 is 0. The molecule has 0 radical (unpaired) electrons. The third kappa shape index (κ3) is 4.01. The third-order valence-electron chi connectivity index (χ3n) is 4.70. The topological polar surface area (TPSA) is 126 Å². The van der Waals surface area contributed by atoms with E-state index in [1.807, 2.05) is 6.07 Å². The van der Waals surface area contributed by atoms with Crippen LogP contribution >= 0.6 is 0 Å². The zero-order chi connectivity index (χ0) is 22.9. The minimum atomic E-state index is -3.96. The Morgan fingerprint density at radius 1 is 1.09 bits per heavy atom. The van der Waals surface area contributed by atoms with E-state index in [0.717, 1.165) is 0 Å². The van der Waals surface area contributed by atoms with Crippen LogP contribution in [0.15, 0.2) is 70.6 Å². The van der Waals surface area contributed by atoms with Crippen molar-refractivity contribution in [3.63, 3.8) is 0 Å². The van der Waals surface area contributed by atoms with E-state index in [1.165, 1.54) is 48.0 Å². The zero-order valence-corrected chi connectivity index (χ0v) is 17.9. The van der Waals surface area contributed by atoms with Gasteiger partial charge in [-0.25, -0.2) is 18.4 Å². The number of hydrogen-bond donors (Lipinski definition) is 1. The molecule has 9 nitrogen and oxygen atoms in total. The van der Waals surface area contributed by atoms with Crippen LogP contribution in [0.3, 0.4) is 0 Å². The van der Waals surface area contributed by atoms with Crippen molar-refractivity contribution in [2.45, 2.75) is 11.8 Å². The summed E-state index contributed by atoms with van der Waals surface area (Å²) in [6.45, 7) is 1.74. The van der Waals surface area contributed by atoms with Gasteiger partial charge in [0.1, 0.15) is 11.3 Å². The van der Waals surface area contributed by atoms with E-state index in [-0.39, 0.29) is 22.0 Å². The molecule has 1 N–H and O–H groups in total. The molecule has 0 saturated heterocycles. The molecule has 10 heteroatoms. The van der Waals surface area contributed by atoms with Gasteiger partial charge < -0.3 is 4.74 Å². The molecule has 4 aromatic rings. The van der Waals surface area contributed by atoms with Crippen LogP contribution in [0.5, 0.6) is 5.88 Å². The van der Waals surface area contributed by atoms with Gasteiger partial charge in [-0.15, -0.1) is 0 Å². The van der Waals surface area contributed by atoms with Gasteiger partial charge >= 0.3 is 0 Å². The number of benzene rings is 1. The standard InChI is InChI=1S/C22H17N5O4S/c1-14-9-21(28)27-13-16(5-8-20(27)25-14)17-10-19(22(31-2)24-12-17)26-32(29,30)18-6-3-15(11-23)4-7-18/h3-10,12-13,26H,1-2H3. The zero-order valence-electron chi connectivity index (χ0n) is 17.1. The number of aryl methyl sites for hydroxylation is 1. The Hall–Kier alpha value is -4.23. The maximum absolute atomic E-state index is 12.8. The maximum atomic E-state index is 12.8. The number of methoxy groups -OCH3 is 1. The van der Waals surface area contributed by atoms with E-state index >= 15 is 0 Å². The van der Waals surface area contributed by atoms with E-state index in [1.54, 1.807) is 31.3 Å². The third-order valence-corrected chi connectivity index (χ3v) is 6.08. The number of hydrogen-bond acceptors (Lipinski definition) is 7. The first-order valence-electron chi connectivity index (χ1n) is 9.38. The van der Waals surface area contributed by atoms with E-state index in [0.29, 0.717) is 28.0 Å². The smallest absolute Gasteiger partial charge is 0.262 e. The molecule has 3 aromatic heterocycles. The first kappa shape index (κ1) is 21.0. The highest BCUT2D eigenvalue weighted by Gasteiger charge is 2.18. The van der Waals surface area contributed by atoms with Crippen molar-refractivity contribution < 1.29 is 13.2 Å². The van der Waals surface area contributed by atoms with Gasteiger partial charge in [-0.2, -0.15) is 5.26 Å². The Kier molecular flexibility index (Phi) is 5.34. The molecular formula is C22H17N5O4S. The lowest BCUT2D eigenvalue weighted by molar-refractivity contribution is 0.400. The number of nitriles is 1. The molecule has 0 fully saturated rings. The van der Waals surface area contributed by atoms with E-state index in [9.17, 15) is 13.2 Å². The fourth-order valence-corrected chi connectivity index (χ4v) is 4.20. The molecular weight excluding hydrogens is 430 g/mol. The van der Waals surface area contributed by atoms with Gasteiger partial charge in [0.2, 0.25) is 5.88 Å². The molecule has 0 unspecified atom stereocenters. The summed E-state index contributed by atoms with van der Waals surface area (Å²) in [5.41, 5.74) is 2.58.